The van der Waals surface area contributed by atoms with Crippen LogP contribution < -0.4 is 9.55 Å². The fourth-order valence-electron chi connectivity index (χ4n) is 6.31. The summed E-state index contributed by atoms with van der Waals surface area (Å²) < 4.78 is 7.51. The number of rotatable bonds is 7. The minimum atomic E-state index is 0.569. The average molecular weight is 579 g/mol. The predicted molar refractivity (Wildman–Crippen MR) is 187 cm³/mol. The molecule has 8 aromatic rings. The Morgan fingerprint density at radius 1 is 0.489 bits per heavy atom. The van der Waals surface area contributed by atoms with Crippen molar-refractivity contribution in [2.75, 3.05) is 4.90 Å². The Kier molecular flexibility index (Phi) is 6.78. The van der Waals surface area contributed by atoms with Crippen LogP contribution in [0.1, 0.15) is 0 Å². The Balaban J connectivity index is 1.21. The second-order valence-corrected chi connectivity index (χ2v) is 11.1. The van der Waals surface area contributed by atoms with Crippen LogP contribution in [0.15, 0.2) is 164 Å². The summed E-state index contributed by atoms with van der Waals surface area (Å²) in [6.45, 7) is 0. The number of hydrogen-bond acceptors (Lipinski definition) is 3. The summed E-state index contributed by atoms with van der Waals surface area (Å²) in [4.78, 5) is 2.24. The van der Waals surface area contributed by atoms with Crippen LogP contribution in [0.5, 0.6) is 5.75 Å². The lowest BCUT2D eigenvalue weighted by molar-refractivity contribution is 0.454. The smallest absolute Gasteiger partial charge is 0.537 e. The molecule has 0 amide bonds. The molecule has 7 aromatic carbocycles. The van der Waals surface area contributed by atoms with E-state index in [0.717, 1.165) is 28.3 Å². The van der Waals surface area contributed by atoms with E-state index in [1.54, 1.807) is 0 Å². The average Bonchev–Trinajstić information content (AvgIpc) is 3.44. The van der Waals surface area contributed by atoms with Crippen LogP contribution in [-0.2, 0) is 0 Å². The molecule has 213 valence electrons. The molecule has 0 saturated heterocycles. The second kappa shape index (κ2) is 11.4. The maximum Gasteiger partial charge on any atom is 0.569 e. The molecule has 45 heavy (non-hydrogen) atoms. The van der Waals surface area contributed by atoms with Crippen molar-refractivity contribution in [2.24, 2.45) is 0 Å². The number of fused-ring (bicyclic) bond motifs is 4. The lowest BCUT2D eigenvalue weighted by Gasteiger charge is -2.26. The minimum Gasteiger partial charge on any atom is -0.537 e. The van der Waals surface area contributed by atoms with Gasteiger partial charge in [-0.05, 0) is 101 Å². The molecule has 0 spiro atoms. The molecule has 0 bridgehead atoms. The summed E-state index contributed by atoms with van der Waals surface area (Å²) in [5, 5.41) is 13.9. The largest absolute Gasteiger partial charge is 0.569 e. The highest BCUT2D eigenvalue weighted by Crippen LogP contribution is 2.39. The normalized spacial score (nSPS) is 11.2. The zero-order chi connectivity index (χ0) is 30.2. The molecule has 0 aliphatic heterocycles. The van der Waals surface area contributed by atoms with Crippen LogP contribution in [0, 0.1) is 0 Å². The third kappa shape index (κ3) is 4.90. The van der Waals surface area contributed by atoms with Gasteiger partial charge >= 0.3 is 7.69 Å². The molecule has 4 nitrogen and oxygen atoms in total. The van der Waals surface area contributed by atoms with Crippen molar-refractivity contribution in [3.05, 3.63) is 164 Å². The lowest BCUT2D eigenvalue weighted by Crippen LogP contribution is -2.10. The molecular weight excluding hydrogens is 551 g/mol. The number of para-hydroxylation sites is 2. The van der Waals surface area contributed by atoms with Gasteiger partial charge in [-0.3, -0.25) is 0 Å². The van der Waals surface area contributed by atoms with E-state index in [9.17, 15) is 0 Å². The highest BCUT2D eigenvalue weighted by molar-refractivity contribution is 6.17. The Hall–Kier alpha value is -5.78. The molecule has 0 fully saturated rings. The topological polar surface area (TPSA) is 37.6 Å². The third-order valence-corrected chi connectivity index (χ3v) is 8.42. The molecule has 1 heterocycles. The highest BCUT2D eigenvalue weighted by atomic mass is 16.5. The maximum absolute atomic E-state index is 9.08. The first-order chi connectivity index (χ1) is 22.3. The molecule has 0 unspecified atom stereocenters. The fourth-order valence-corrected chi connectivity index (χ4v) is 6.31. The number of aromatic nitrogens is 1. The van der Waals surface area contributed by atoms with Crippen LogP contribution in [0.25, 0.3) is 49.4 Å². The minimum absolute atomic E-state index is 0.569. The summed E-state index contributed by atoms with van der Waals surface area (Å²) in [5.74, 6) is 0.569. The van der Waals surface area contributed by atoms with Gasteiger partial charge in [0.15, 0.2) is 0 Å². The van der Waals surface area contributed by atoms with E-state index in [4.69, 9.17) is 9.68 Å². The summed E-state index contributed by atoms with van der Waals surface area (Å²) in [7, 11) is 0.700. The monoisotopic (exact) mass is 579 g/mol. The van der Waals surface area contributed by atoms with Crippen molar-refractivity contribution in [2.45, 2.75) is 0 Å². The van der Waals surface area contributed by atoms with Crippen molar-refractivity contribution in [3.8, 4) is 22.6 Å². The van der Waals surface area contributed by atoms with E-state index in [0.29, 0.717) is 13.4 Å². The molecule has 1 radical (unpaired) electrons. The zero-order valence-electron chi connectivity index (χ0n) is 24.4. The van der Waals surface area contributed by atoms with Gasteiger partial charge in [-0.1, -0.05) is 84.9 Å². The third-order valence-electron chi connectivity index (χ3n) is 8.42. The SMILES string of the molecule is O[B]Oc1ccc(N(c2ccc(-c3ccc4c(c3)c3ccccc3n4-c3ccccc3)cc2)c2ccc3ccccc3c2)cc1. The van der Waals surface area contributed by atoms with E-state index in [-0.39, 0.29) is 0 Å². The summed E-state index contributed by atoms with van der Waals surface area (Å²) in [6.07, 6.45) is 0. The molecular formula is C40H28BN2O2. The van der Waals surface area contributed by atoms with Gasteiger partial charge in [0.05, 0.1) is 11.0 Å². The zero-order valence-corrected chi connectivity index (χ0v) is 24.4. The molecule has 8 rings (SSSR count). The fraction of sp³-hybridized carbons (Fsp3) is 0. The van der Waals surface area contributed by atoms with E-state index >= 15 is 0 Å². The lowest BCUT2D eigenvalue weighted by atomic mass is 10.0. The van der Waals surface area contributed by atoms with Crippen molar-refractivity contribution in [1.82, 2.24) is 4.57 Å². The highest BCUT2D eigenvalue weighted by Gasteiger charge is 2.16. The molecule has 5 heteroatoms. The molecule has 1 N–H and O–H groups in total. The van der Waals surface area contributed by atoms with Crippen LogP contribution >= 0.6 is 0 Å². The first-order valence-electron chi connectivity index (χ1n) is 15.0. The number of nitrogens with zero attached hydrogens (tertiary/aromatic N) is 2. The molecule has 0 aliphatic carbocycles. The first-order valence-corrected chi connectivity index (χ1v) is 15.0. The van der Waals surface area contributed by atoms with Gasteiger partial charge in [-0.25, -0.2) is 0 Å². The van der Waals surface area contributed by atoms with Gasteiger partial charge in [0, 0.05) is 33.5 Å². The quantitative estimate of drug-likeness (QED) is 0.191. The van der Waals surface area contributed by atoms with Crippen LogP contribution in [0.3, 0.4) is 0 Å². The summed E-state index contributed by atoms with van der Waals surface area (Å²) in [5.41, 5.74) is 8.95. The van der Waals surface area contributed by atoms with Gasteiger partial charge in [-0.2, -0.15) is 0 Å². The van der Waals surface area contributed by atoms with Crippen molar-refractivity contribution in [1.29, 1.82) is 0 Å². The molecule has 0 atom stereocenters. The maximum atomic E-state index is 9.08. The second-order valence-electron chi connectivity index (χ2n) is 11.1. The van der Waals surface area contributed by atoms with E-state index in [2.05, 4.69) is 149 Å². The number of hydrogen-bond donors (Lipinski definition) is 1. The number of benzene rings is 7. The van der Waals surface area contributed by atoms with Crippen LogP contribution in [-0.4, -0.2) is 17.3 Å². The van der Waals surface area contributed by atoms with E-state index in [1.807, 2.05) is 24.3 Å². The summed E-state index contributed by atoms with van der Waals surface area (Å²) in [6, 6.07) is 57.3. The summed E-state index contributed by atoms with van der Waals surface area (Å²) >= 11 is 0. The molecule has 0 aliphatic rings. The molecule has 0 saturated carbocycles. The van der Waals surface area contributed by atoms with Crippen molar-refractivity contribution in [3.63, 3.8) is 0 Å². The van der Waals surface area contributed by atoms with E-state index < -0.39 is 0 Å². The Morgan fingerprint density at radius 3 is 1.89 bits per heavy atom. The van der Waals surface area contributed by atoms with Gasteiger partial charge in [0.25, 0.3) is 0 Å². The Labute approximate surface area is 262 Å². The van der Waals surface area contributed by atoms with Gasteiger partial charge in [0.1, 0.15) is 5.75 Å². The van der Waals surface area contributed by atoms with Crippen molar-refractivity contribution >= 4 is 57.3 Å². The standard InChI is InChI=1S/C40H28BN2O2/c44-41-45-36-23-21-34(22-24-36)42(35-20-16-28-8-4-5-9-30(28)26-35)33-18-14-29(15-19-33)31-17-25-40-38(27-31)37-12-6-7-13-39(37)43(40)32-10-2-1-3-11-32/h1-27,44H. The van der Waals surface area contributed by atoms with Gasteiger partial charge in [-0.15, -0.1) is 0 Å². The van der Waals surface area contributed by atoms with Crippen LogP contribution in [0.2, 0.25) is 0 Å². The first kappa shape index (κ1) is 26.8. The van der Waals surface area contributed by atoms with Gasteiger partial charge in [0.2, 0.25) is 0 Å². The molecule has 1 aromatic heterocycles. The van der Waals surface area contributed by atoms with Crippen LogP contribution in [0.4, 0.5) is 17.1 Å². The Bertz CT molecular complexity index is 2280. The van der Waals surface area contributed by atoms with Gasteiger partial charge < -0.3 is 19.1 Å². The Morgan fingerprint density at radius 2 is 1.11 bits per heavy atom. The van der Waals surface area contributed by atoms with Crippen molar-refractivity contribution < 1.29 is 9.68 Å². The number of anilines is 3. The van der Waals surface area contributed by atoms with E-state index in [1.165, 1.54) is 38.1 Å². The predicted octanol–water partition coefficient (Wildman–Crippen LogP) is 9.98.